The SMILES string of the molecule is CNC(C)C(=O)N(C)Cc1cccc(C)c1. The predicted molar refractivity (Wildman–Crippen MR) is 66.2 cm³/mol. The highest BCUT2D eigenvalue weighted by atomic mass is 16.2. The highest BCUT2D eigenvalue weighted by Crippen LogP contribution is 2.07. The average molecular weight is 220 g/mol. The Morgan fingerprint density at radius 1 is 1.50 bits per heavy atom. The van der Waals surface area contributed by atoms with Gasteiger partial charge in [-0.05, 0) is 26.5 Å². The second-order valence-electron chi connectivity index (χ2n) is 4.19. The average Bonchev–Trinajstić information content (AvgIpc) is 2.27. The van der Waals surface area contributed by atoms with Crippen LogP contribution in [-0.4, -0.2) is 30.9 Å². The number of hydrogen-bond donors (Lipinski definition) is 1. The minimum absolute atomic E-state index is 0.115. The lowest BCUT2D eigenvalue weighted by molar-refractivity contribution is -0.132. The van der Waals surface area contributed by atoms with Crippen LogP contribution < -0.4 is 5.32 Å². The van der Waals surface area contributed by atoms with Gasteiger partial charge < -0.3 is 10.2 Å². The molecule has 88 valence electrons. The molecule has 0 bridgehead atoms. The van der Waals surface area contributed by atoms with Crippen molar-refractivity contribution in [2.24, 2.45) is 0 Å². The van der Waals surface area contributed by atoms with E-state index in [0.717, 1.165) is 0 Å². The van der Waals surface area contributed by atoms with Crippen LogP contribution in [0.5, 0.6) is 0 Å². The fraction of sp³-hybridized carbons (Fsp3) is 0.462. The van der Waals surface area contributed by atoms with Crippen LogP contribution in [0.15, 0.2) is 24.3 Å². The normalized spacial score (nSPS) is 12.2. The number of likely N-dealkylation sites (N-methyl/N-ethyl adjacent to an activating group) is 2. The van der Waals surface area contributed by atoms with Gasteiger partial charge in [-0.1, -0.05) is 29.8 Å². The van der Waals surface area contributed by atoms with Crippen molar-refractivity contribution in [3.63, 3.8) is 0 Å². The van der Waals surface area contributed by atoms with Crippen LogP contribution in [0, 0.1) is 6.92 Å². The number of nitrogens with one attached hydrogen (secondary N) is 1. The van der Waals surface area contributed by atoms with E-state index < -0.39 is 0 Å². The van der Waals surface area contributed by atoms with Gasteiger partial charge in [-0.15, -0.1) is 0 Å². The van der Waals surface area contributed by atoms with Gasteiger partial charge in [-0.25, -0.2) is 0 Å². The summed E-state index contributed by atoms with van der Waals surface area (Å²) in [5.41, 5.74) is 2.39. The second-order valence-corrected chi connectivity index (χ2v) is 4.19. The molecule has 1 aromatic rings. The van der Waals surface area contributed by atoms with E-state index in [1.54, 1.807) is 11.9 Å². The highest BCUT2D eigenvalue weighted by molar-refractivity contribution is 5.81. The first-order valence-corrected chi connectivity index (χ1v) is 5.52. The van der Waals surface area contributed by atoms with Crippen molar-refractivity contribution >= 4 is 5.91 Å². The fourth-order valence-corrected chi connectivity index (χ4v) is 1.62. The molecule has 1 amide bonds. The van der Waals surface area contributed by atoms with Crippen molar-refractivity contribution in [2.45, 2.75) is 26.4 Å². The Morgan fingerprint density at radius 3 is 2.75 bits per heavy atom. The summed E-state index contributed by atoms with van der Waals surface area (Å²) < 4.78 is 0. The lowest BCUT2D eigenvalue weighted by Crippen LogP contribution is -2.41. The maximum Gasteiger partial charge on any atom is 0.239 e. The Hall–Kier alpha value is -1.35. The van der Waals surface area contributed by atoms with Gasteiger partial charge in [0.1, 0.15) is 0 Å². The van der Waals surface area contributed by atoms with Crippen LogP contribution in [0.2, 0.25) is 0 Å². The van der Waals surface area contributed by atoms with Crippen molar-refractivity contribution in [1.82, 2.24) is 10.2 Å². The topological polar surface area (TPSA) is 32.3 Å². The summed E-state index contributed by atoms with van der Waals surface area (Å²) in [6.07, 6.45) is 0. The van der Waals surface area contributed by atoms with Crippen LogP contribution in [0.4, 0.5) is 0 Å². The summed E-state index contributed by atoms with van der Waals surface area (Å²) in [5, 5.41) is 2.95. The third kappa shape index (κ3) is 3.35. The molecule has 0 heterocycles. The smallest absolute Gasteiger partial charge is 0.239 e. The molecule has 0 spiro atoms. The summed E-state index contributed by atoms with van der Waals surface area (Å²) in [6.45, 7) is 4.59. The zero-order valence-corrected chi connectivity index (χ0v) is 10.4. The Bertz CT molecular complexity index is 363. The van der Waals surface area contributed by atoms with E-state index in [9.17, 15) is 4.79 Å². The van der Waals surface area contributed by atoms with Crippen molar-refractivity contribution < 1.29 is 4.79 Å². The number of nitrogens with zero attached hydrogens (tertiary/aromatic N) is 1. The van der Waals surface area contributed by atoms with Crippen LogP contribution in [0.3, 0.4) is 0 Å². The largest absolute Gasteiger partial charge is 0.340 e. The summed E-state index contributed by atoms with van der Waals surface area (Å²) in [7, 11) is 3.63. The quantitative estimate of drug-likeness (QED) is 0.835. The van der Waals surface area contributed by atoms with Gasteiger partial charge in [0.25, 0.3) is 0 Å². The molecule has 3 heteroatoms. The molecule has 1 unspecified atom stereocenters. The zero-order valence-electron chi connectivity index (χ0n) is 10.4. The number of aryl methyl sites for hydroxylation is 1. The molecule has 16 heavy (non-hydrogen) atoms. The summed E-state index contributed by atoms with van der Waals surface area (Å²) in [6, 6.07) is 8.09. The third-order valence-corrected chi connectivity index (χ3v) is 2.68. The molecule has 3 nitrogen and oxygen atoms in total. The molecule has 1 N–H and O–H groups in total. The minimum Gasteiger partial charge on any atom is -0.340 e. The summed E-state index contributed by atoms with van der Waals surface area (Å²) in [4.78, 5) is 13.6. The van der Waals surface area contributed by atoms with Crippen molar-refractivity contribution in [3.05, 3.63) is 35.4 Å². The Morgan fingerprint density at radius 2 is 2.19 bits per heavy atom. The fourth-order valence-electron chi connectivity index (χ4n) is 1.62. The molecule has 0 aliphatic carbocycles. The van der Waals surface area contributed by atoms with E-state index in [-0.39, 0.29) is 11.9 Å². The molecule has 0 aliphatic heterocycles. The number of rotatable bonds is 4. The first-order valence-electron chi connectivity index (χ1n) is 5.52. The maximum absolute atomic E-state index is 11.8. The first kappa shape index (κ1) is 12.7. The molecule has 0 fully saturated rings. The first-order chi connectivity index (χ1) is 7.54. The van der Waals surface area contributed by atoms with Gasteiger partial charge in [0, 0.05) is 13.6 Å². The van der Waals surface area contributed by atoms with E-state index in [2.05, 4.69) is 24.4 Å². The Labute approximate surface area is 97.5 Å². The molecule has 1 rings (SSSR count). The molecule has 1 atom stereocenters. The molecule has 1 aromatic carbocycles. The van der Waals surface area contributed by atoms with Gasteiger partial charge >= 0.3 is 0 Å². The van der Waals surface area contributed by atoms with Gasteiger partial charge in [0.15, 0.2) is 0 Å². The lowest BCUT2D eigenvalue weighted by Gasteiger charge is -2.21. The van der Waals surface area contributed by atoms with E-state index in [4.69, 9.17) is 0 Å². The van der Waals surface area contributed by atoms with Gasteiger partial charge in [0.05, 0.1) is 6.04 Å². The second kappa shape index (κ2) is 5.66. The van der Waals surface area contributed by atoms with E-state index >= 15 is 0 Å². The van der Waals surface area contributed by atoms with Crippen molar-refractivity contribution in [3.8, 4) is 0 Å². The van der Waals surface area contributed by atoms with Crippen molar-refractivity contribution in [2.75, 3.05) is 14.1 Å². The number of benzene rings is 1. The Balaban J connectivity index is 2.64. The van der Waals surface area contributed by atoms with E-state index in [1.165, 1.54) is 11.1 Å². The van der Waals surface area contributed by atoms with Gasteiger partial charge in [0.2, 0.25) is 5.91 Å². The highest BCUT2D eigenvalue weighted by Gasteiger charge is 2.15. The van der Waals surface area contributed by atoms with Crippen molar-refractivity contribution in [1.29, 1.82) is 0 Å². The molecule has 0 aliphatic rings. The summed E-state index contributed by atoms with van der Waals surface area (Å²) >= 11 is 0. The third-order valence-electron chi connectivity index (χ3n) is 2.68. The minimum atomic E-state index is -0.130. The molecule has 0 saturated carbocycles. The number of carbonyl (C=O) groups excluding carboxylic acids is 1. The van der Waals surface area contributed by atoms with E-state index in [0.29, 0.717) is 6.54 Å². The van der Waals surface area contributed by atoms with Crippen LogP contribution in [0.25, 0.3) is 0 Å². The van der Waals surface area contributed by atoms with Crippen LogP contribution in [0.1, 0.15) is 18.1 Å². The predicted octanol–water partition coefficient (Wildman–Crippen LogP) is 1.56. The van der Waals surface area contributed by atoms with Crippen LogP contribution in [-0.2, 0) is 11.3 Å². The standard InChI is InChI=1S/C13H20N2O/c1-10-6-5-7-12(8-10)9-15(4)13(16)11(2)14-3/h5-8,11,14H,9H2,1-4H3. The zero-order chi connectivity index (χ0) is 12.1. The molecule has 0 radical (unpaired) electrons. The van der Waals surface area contributed by atoms with Gasteiger partial charge in [-0.2, -0.15) is 0 Å². The maximum atomic E-state index is 11.8. The molecular weight excluding hydrogens is 200 g/mol. The molecule has 0 saturated heterocycles. The van der Waals surface area contributed by atoms with E-state index in [1.807, 2.05) is 26.1 Å². The van der Waals surface area contributed by atoms with Crippen LogP contribution >= 0.6 is 0 Å². The molecule has 0 aromatic heterocycles. The monoisotopic (exact) mass is 220 g/mol. The number of carbonyl (C=O) groups is 1. The Kier molecular flexibility index (Phi) is 4.50. The number of hydrogen-bond acceptors (Lipinski definition) is 2. The number of amides is 1. The lowest BCUT2D eigenvalue weighted by atomic mass is 10.1. The summed E-state index contributed by atoms with van der Waals surface area (Å²) in [5.74, 6) is 0.115. The van der Waals surface area contributed by atoms with Gasteiger partial charge in [-0.3, -0.25) is 4.79 Å². The molecular formula is C13H20N2O.